The van der Waals surface area contributed by atoms with Gasteiger partial charge in [-0.15, -0.1) is 0 Å². The summed E-state index contributed by atoms with van der Waals surface area (Å²) in [7, 11) is 0. The van der Waals surface area contributed by atoms with Crippen LogP contribution in [-0.2, 0) is 11.3 Å². The molecule has 3 rings (SSSR count). The molecular formula is C17H17FN2O2. The molecule has 0 atom stereocenters. The van der Waals surface area contributed by atoms with E-state index in [1.54, 1.807) is 49.1 Å². The molecule has 114 valence electrons. The maximum Gasteiger partial charge on any atom is 0.271 e. The number of ether oxygens (including phenoxy) is 1. The maximum atomic E-state index is 13.4. The summed E-state index contributed by atoms with van der Waals surface area (Å²) < 4.78 is 19.2. The zero-order valence-electron chi connectivity index (χ0n) is 12.5. The molecule has 0 saturated carbocycles. The van der Waals surface area contributed by atoms with Crippen molar-refractivity contribution in [3.63, 3.8) is 0 Å². The van der Waals surface area contributed by atoms with E-state index in [9.17, 15) is 9.18 Å². The predicted molar refractivity (Wildman–Crippen MR) is 83.2 cm³/mol. The van der Waals surface area contributed by atoms with E-state index in [4.69, 9.17) is 10.5 Å². The fourth-order valence-corrected chi connectivity index (χ4v) is 2.62. The normalized spacial score (nSPS) is 16.1. The minimum Gasteiger partial charge on any atom is -0.476 e. The van der Waals surface area contributed by atoms with Crippen LogP contribution in [0.4, 0.5) is 15.8 Å². The SMILES string of the molecule is CC1(C)Oc2cccc(N)c2N(Cc2cccc(F)c2)C1=O. The van der Waals surface area contributed by atoms with Gasteiger partial charge in [0, 0.05) is 0 Å². The number of rotatable bonds is 2. The minimum atomic E-state index is -0.992. The summed E-state index contributed by atoms with van der Waals surface area (Å²) in [4.78, 5) is 14.3. The van der Waals surface area contributed by atoms with Crippen LogP contribution < -0.4 is 15.4 Å². The Morgan fingerprint density at radius 1 is 1.23 bits per heavy atom. The summed E-state index contributed by atoms with van der Waals surface area (Å²) in [6.07, 6.45) is 0. The smallest absolute Gasteiger partial charge is 0.271 e. The van der Waals surface area contributed by atoms with E-state index in [-0.39, 0.29) is 18.3 Å². The molecule has 1 heterocycles. The van der Waals surface area contributed by atoms with Crippen LogP contribution in [0.3, 0.4) is 0 Å². The lowest BCUT2D eigenvalue weighted by atomic mass is 10.0. The lowest BCUT2D eigenvalue weighted by molar-refractivity contribution is -0.132. The zero-order chi connectivity index (χ0) is 15.9. The highest BCUT2D eigenvalue weighted by Gasteiger charge is 2.41. The molecule has 0 bridgehead atoms. The number of nitrogens with zero attached hydrogens (tertiary/aromatic N) is 1. The molecule has 4 nitrogen and oxygen atoms in total. The van der Waals surface area contributed by atoms with Gasteiger partial charge in [0.25, 0.3) is 5.91 Å². The van der Waals surface area contributed by atoms with Gasteiger partial charge in [0.05, 0.1) is 12.2 Å². The van der Waals surface area contributed by atoms with Gasteiger partial charge in [-0.1, -0.05) is 18.2 Å². The Bertz CT molecular complexity index is 743. The molecular weight excluding hydrogens is 283 g/mol. The van der Waals surface area contributed by atoms with Crippen LogP contribution in [0.1, 0.15) is 19.4 Å². The van der Waals surface area contributed by atoms with Gasteiger partial charge in [-0.25, -0.2) is 4.39 Å². The molecule has 0 aromatic heterocycles. The average molecular weight is 300 g/mol. The Morgan fingerprint density at radius 2 is 1.95 bits per heavy atom. The van der Waals surface area contributed by atoms with Crippen LogP contribution in [0.25, 0.3) is 0 Å². The number of carbonyl (C=O) groups is 1. The lowest BCUT2D eigenvalue weighted by Gasteiger charge is -2.39. The van der Waals surface area contributed by atoms with Crippen molar-refractivity contribution in [3.8, 4) is 5.75 Å². The number of hydrogen-bond acceptors (Lipinski definition) is 3. The summed E-state index contributed by atoms with van der Waals surface area (Å²) in [6, 6.07) is 11.4. The van der Waals surface area contributed by atoms with Crippen LogP contribution in [0.2, 0.25) is 0 Å². The maximum absolute atomic E-state index is 13.4. The summed E-state index contributed by atoms with van der Waals surface area (Å²) in [6.45, 7) is 3.66. The van der Waals surface area contributed by atoms with E-state index in [2.05, 4.69) is 0 Å². The van der Waals surface area contributed by atoms with Crippen molar-refractivity contribution in [3.05, 3.63) is 53.8 Å². The number of para-hydroxylation sites is 1. The van der Waals surface area contributed by atoms with E-state index in [1.165, 1.54) is 12.1 Å². The van der Waals surface area contributed by atoms with Gasteiger partial charge in [0.1, 0.15) is 17.3 Å². The Balaban J connectivity index is 2.07. The van der Waals surface area contributed by atoms with Crippen molar-refractivity contribution in [1.29, 1.82) is 0 Å². The molecule has 2 aromatic carbocycles. The predicted octanol–water partition coefficient (Wildman–Crippen LogP) is 3.11. The number of amides is 1. The molecule has 1 amide bonds. The third kappa shape index (κ3) is 2.39. The van der Waals surface area contributed by atoms with E-state index >= 15 is 0 Å². The summed E-state index contributed by atoms with van der Waals surface area (Å²) in [5.74, 6) is 0.0156. The van der Waals surface area contributed by atoms with Crippen molar-refractivity contribution in [2.45, 2.75) is 26.0 Å². The van der Waals surface area contributed by atoms with Gasteiger partial charge >= 0.3 is 0 Å². The Labute approximate surface area is 128 Å². The highest BCUT2D eigenvalue weighted by atomic mass is 19.1. The van der Waals surface area contributed by atoms with Crippen LogP contribution >= 0.6 is 0 Å². The van der Waals surface area contributed by atoms with Crippen LogP contribution in [0.5, 0.6) is 5.75 Å². The molecule has 2 aromatic rings. The number of fused-ring (bicyclic) bond motifs is 1. The van der Waals surface area contributed by atoms with Crippen molar-refractivity contribution in [1.82, 2.24) is 0 Å². The van der Waals surface area contributed by atoms with Gasteiger partial charge in [0.15, 0.2) is 5.60 Å². The molecule has 0 radical (unpaired) electrons. The standard InChI is InChI=1S/C17H17FN2O2/c1-17(2)16(21)20(10-11-5-3-6-12(18)9-11)15-13(19)7-4-8-14(15)22-17/h3-9H,10,19H2,1-2H3. The Morgan fingerprint density at radius 3 is 2.68 bits per heavy atom. The van der Waals surface area contributed by atoms with Gasteiger partial charge in [-0.2, -0.15) is 0 Å². The van der Waals surface area contributed by atoms with E-state index in [1.807, 2.05) is 0 Å². The first-order valence-corrected chi connectivity index (χ1v) is 7.02. The molecule has 5 heteroatoms. The molecule has 0 aliphatic carbocycles. The number of nitrogen functional groups attached to an aromatic ring is 1. The number of anilines is 2. The molecule has 1 aliphatic heterocycles. The second kappa shape index (κ2) is 5.02. The number of hydrogen-bond donors (Lipinski definition) is 1. The topological polar surface area (TPSA) is 55.6 Å². The summed E-state index contributed by atoms with van der Waals surface area (Å²) in [5, 5.41) is 0. The second-order valence-corrected chi connectivity index (χ2v) is 5.83. The zero-order valence-corrected chi connectivity index (χ0v) is 12.5. The van der Waals surface area contributed by atoms with Gasteiger partial charge in [-0.3, -0.25) is 9.69 Å². The first-order chi connectivity index (χ1) is 10.4. The summed E-state index contributed by atoms with van der Waals surface area (Å²) >= 11 is 0. The van der Waals surface area contributed by atoms with Crippen LogP contribution in [0.15, 0.2) is 42.5 Å². The largest absolute Gasteiger partial charge is 0.476 e. The molecule has 22 heavy (non-hydrogen) atoms. The van der Waals surface area contributed by atoms with Crippen molar-refractivity contribution < 1.29 is 13.9 Å². The molecule has 2 N–H and O–H groups in total. The van der Waals surface area contributed by atoms with Gasteiger partial charge in [-0.05, 0) is 43.7 Å². The number of benzene rings is 2. The first-order valence-electron chi connectivity index (χ1n) is 7.02. The van der Waals surface area contributed by atoms with Crippen LogP contribution in [-0.4, -0.2) is 11.5 Å². The highest BCUT2D eigenvalue weighted by Crippen LogP contribution is 2.42. The first kappa shape index (κ1) is 14.4. The number of nitrogens with two attached hydrogens (primary N) is 1. The van der Waals surface area contributed by atoms with E-state index in [0.29, 0.717) is 22.7 Å². The third-order valence-corrected chi connectivity index (χ3v) is 3.66. The molecule has 0 unspecified atom stereocenters. The van der Waals surface area contributed by atoms with Crippen molar-refractivity contribution >= 4 is 17.3 Å². The quantitative estimate of drug-likeness (QED) is 0.867. The molecule has 0 fully saturated rings. The van der Waals surface area contributed by atoms with E-state index in [0.717, 1.165) is 0 Å². The van der Waals surface area contributed by atoms with Crippen molar-refractivity contribution in [2.75, 3.05) is 10.6 Å². The minimum absolute atomic E-state index is 0.206. The summed E-state index contributed by atoms with van der Waals surface area (Å²) in [5.41, 5.74) is 6.72. The highest BCUT2D eigenvalue weighted by molar-refractivity contribution is 6.04. The molecule has 1 aliphatic rings. The number of halogens is 1. The van der Waals surface area contributed by atoms with E-state index < -0.39 is 5.60 Å². The lowest BCUT2D eigenvalue weighted by Crippen LogP contribution is -2.52. The fraction of sp³-hybridized carbons (Fsp3) is 0.235. The third-order valence-electron chi connectivity index (χ3n) is 3.66. The Kier molecular flexibility index (Phi) is 3.28. The monoisotopic (exact) mass is 300 g/mol. The van der Waals surface area contributed by atoms with Gasteiger partial charge in [0.2, 0.25) is 0 Å². The Hall–Kier alpha value is -2.56. The molecule has 0 spiro atoms. The van der Waals surface area contributed by atoms with Crippen molar-refractivity contribution in [2.24, 2.45) is 0 Å². The van der Waals surface area contributed by atoms with Crippen LogP contribution in [0, 0.1) is 5.82 Å². The second-order valence-electron chi connectivity index (χ2n) is 5.83. The van der Waals surface area contributed by atoms with Gasteiger partial charge < -0.3 is 10.5 Å². The number of carbonyl (C=O) groups excluding carboxylic acids is 1. The molecule has 0 saturated heterocycles. The average Bonchev–Trinajstić information content (AvgIpc) is 2.43. The fourth-order valence-electron chi connectivity index (χ4n) is 2.62.